The molecule has 1 fully saturated rings. The fourth-order valence-corrected chi connectivity index (χ4v) is 2.41. The number of pyridine rings is 1. The van der Waals surface area contributed by atoms with Crippen molar-refractivity contribution >= 4 is 5.91 Å². The number of hydrogen-bond acceptors (Lipinski definition) is 2. The molecule has 1 aliphatic rings. The van der Waals surface area contributed by atoms with Crippen LogP contribution in [0.4, 0.5) is 0 Å². The molecule has 0 bridgehead atoms. The van der Waals surface area contributed by atoms with Crippen molar-refractivity contribution < 1.29 is 4.79 Å². The van der Waals surface area contributed by atoms with Crippen LogP contribution in [-0.2, 0) is 4.79 Å². The molecule has 0 saturated carbocycles. The average Bonchev–Trinajstić information content (AvgIpc) is 2.86. The molecule has 1 aliphatic heterocycles. The molecule has 1 amide bonds. The molecule has 2 N–H and O–H groups in total. The second-order valence-electron chi connectivity index (χ2n) is 4.77. The summed E-state index contributed by atoms with van der Waals surface area (Å²) >= 11 is 0. The van der Waals surface area contributed by atoms with Gasteiger partial charge >= 0.3 is 0 Å². The van der Waals surface area contributed by atoms with E-state index in [0.29, 0.717) is 13.0 Å². The molecule has 2 aromatic rings. The number of amides is 1. The monoisotopic (exact) mass is 254 g/mol. The van der Waals surface area contributed by atoms with Crippen molar-refractivity contribution in [2.24, 2.45) is 0 Å². The summed E-state index contributed by atoms with van der Waals surface area (Å²) < 4.78 is 0. The molecule has 0 radical (unpaired) electrons. The maximum atomic E-state index is 11.3. The highest BCUT2D eigenvalue weighted by Crippen LogP contribution is 2.25. The molecule has 3 rings (SSSR count). The number of rotatable bonds is 2. The van der Waals surface area contributed by atoms with E-state index < -0.39 is 0 Å². The number of carbonyl (C=O) groups excluding carboxylic acids is 1. The van der Waals surface area contributed by atoms with Crippen LogP contribution in [0.5, 0.6) is 0 Å². The summed E-state index contributed by atoms with van der Waals surface area (Å²) in [4.78, 5) is 25.1. The SMILES string of the molecule is O=C1CC(c2ccc(-c3cc[nH]c(=O)c3)cc2)CN1. The van der Waals surface area contributed by atoms with Crippen molar-refractivity contribution in [2.75, 3.05) is 6.54 Å². The number of benzene rings is 1. The molecule has 96 valence electrons. The number of H-pyrrole nitrogens is 1. The third-order valence-corrected chi connectivity index (χ3v) is 3.47. The Balaban J connectivity index is 1.87. The summed E-state index contributed by atoms with van der Waals surface area (Å²) in [6, 6.07) is 11.5. The van der Waals surface area contributed by atoms with Gasteiger partial charge in [-0.25, -0.2) is 0 Å². The quantitative estimate of drug-likeness (QED) is 0.856. The molecule has 1 unspecified atom stereocenters. The van der Waals surface area contributed by atoms with Gasteiger partial charge in [-0.15, -0.1) is 0 Å². The lowest BCUT2D eigenvalue weighted by Crippen LogP contribution is -2.13. The van der Waals surface area contributed by atoms with Gasteiger partial charge in [-0.3, -0.25) is 9.59 Å². The molecule has 1 atom stereocenters. The highest BCUT2D eigenvalue weighted by atomic mass is 16.1. The summed E-state index contributed by atoms with van der Waals surface area (Å²) in [5, 5.41) is 2.84. The normalized spacial score (nSPS) is 18.3. The first kappa shape index (κ1) is 11.7. The third-order valence-electron chi connectivity index (χ3n) is 3.47. The highest BCUT2D eigenvalue weighted by molar-refractivity contribution is 5.79. The van der Waals surface area contributed by atoms with E-state index in [1.165, 1.54) is 0 Å². The molecule has 19 heavy (non-hydrogen) atoms. The second kappa shape index (κ2) is 4.72. The highest BCUT2D eigenvalue weighted by Gasteiger charge is 2.22. The fraction of sp³-hybridized carbons (Fsp3) is 0.200. The molecule has 4 nitrogen and oxygen atoms in total. The zero-order valence-electron chi connectivity index (χ0n) is 10.3. The Hall–Kier alpha value is -2.36. The van der Waals surface area contributed by atoms with Crippen LogP contribution in [0.2, 0.25) is 0 Å². The van der Waals surface area contributed by atoms with Gasteiger partial charge in [0.1, 0.15) is 0 Å². The Morgan fingerprint density at radius 2 is 1.79 bits per heavy atom. The Labute approximate surface area is 110 Å². The lowest BCUT2D eigenvalue weighted by atomic mass is 9.96. The number of aromatic nitrogens is 1. The van der Waals surface area contributed by atoms with E-state index >= 15 is 0 Å². The first-order chi connectivity index (χ1) is 9.22. The Morgan fingerprint density at radius 3 is 2.42 bits per heavy atom. The molecule has 4 heteroatoms. The summed E-state index contributed by atoms with van der Waals surface area (Å²) in [6.45, 7) is 0.711. The van der Waals surface area contributed by atoms with E-state index in [2.05, 4.69) is 10.3 Å². The van der Waals surface area contributed by atoms with Gasteiger partial charge in [-0.2, -0.15) is 0 Å². The number of carbonyl (C=O) groups is 1. The zero-order chi connectivity index (χ0) is 13.2. The van der Waals surface area contributed by atoms with Crippen molar-refractivity contribution in [3.63, 3.8) is 0 Å². The summed E-state index contributed by atoms with van der Waals surface area (Å²) in [5.74, 6) is 0.379. The summed E-state index contributed by atoms with van der Waals surface area (Å²) in [5.41, 5.74) is 2.96. The number of hydrogen-bond donors (Lipinski definition) is 2. The van der Waals surface area contributed by atoms with Gasteiger partial charge in [-0.05, 0) is 22.8 Å². The largest absolute Gasteiger partial charge is 0.355 e. The average molecular weight is 254 g/mol. The van der Waals surface area contributed by atoms with Crippen molar-refractivity contribution in [1.29, 1.82) is 0 Å². The van der Waals surface area contributed by atoms with Gasteiger partial charge in [0.15, 0.2) is 0 Å². The first-order valence-corrected chi connectivity index (χ1v) is 6.28. The van der Waals surface area contributed by atoms with Crippen LogP contribution in [0.1, 0.15) is 17.9 Å². The zero-order valence-corrected chi connectivity index (χ0v) is 10.3. The van der Waals surface area contributed by atoms with E-state index in [1.54, 1.807) is 12.3 Å². The molecular weight excluding hydrogens is 240 g/mol. The minimum Gasteiger partial charge on any atom is -0.355 e. The predicted octanol–water partition coefficient (Wildman–Crippen LogP) is 1.65. The Morgan fingerprint density at radius 1 is 1.00 bits per heavy atom. The van der Waals surface area contributed by atoms with Gasteiger partial charge < -0.3 is 10.3 Å². The lowest BCUT2D eigenvalue weighted by Gasteiger charge is -2.08. The van der Waals surface area contributed by atoms with Crippen molar-refractivity contribution in [1.82, 2.24) is 10.3 Å². The van der Waals surface area contributed by atoms with Crippen LogP contribution in [0.15, 0.2) is 47.4 Å². The molecular formula is C15H14N2O2. The van der Waals surface area contributed by atoms with Crippen LogP contribution in [0.3, 0.4) is 0 Å². The standard InChI is InChI=1S/C15H14N2O2/c18-14-7-12(5-6-16-14)10-1-3-11(4-2-10)13-8-15(19)17-9-13/h1-7,13H,8-9H2,(H,16,18)(H,17,19). The summed E-state index contributed by atoms with van der Waals surface area (Å²) in [6.07, 6.45) is 2.20. The van der Waals surface area contributed by atoms with Crippen LogP contribution >= 0.6 is 0 Å². The molecule has 1 saturated heterocycles. The van der Waals surface area contributed by atoms with E-state index in [1.807, 2.05) is 30.3 Å². The smallest absolute Gasteiger partial charge is 0.248 e. The molecule has 0 aliphatic carbocycles. The van der Waals surface area contributed by atoms with Gasteiger partial charge in [0.25, 0.3) is 0 Å². The van der Waals surface area contributed by atoms with Gasteiger partial charge in [0.05, 0.1) is 0 Å². The van der Waals surface area contributed by atoms with Crippen LogP contribution in [0.25, 0.3) is 11.1 Å². The van der Waals surface area contributed by atoms with Gasteiger partial charge in [0, 0.05) is 31.1 Å². The number of nitrogens with one attached hydrogen (secondary N) is 2. The second-order valence-corrected chi connectivity index (χ2v) is 4.77. The fourth-order valence-electron chi connectivity index (χ4n) is 2.41. The maximum absolute atomic E-state index is 11.3. The van der Waals surface area contributed by atoms with Gasteiger partial charge in [-0.1, -0.05) is 24.3 Å². The third kappa shape index (κ3) is 2.42. The topological polar surface area (TPSA) is 62.0 Å². The molecule has 2 heterocycles. The van der Waals surface area contributed by atoms with E-state index in [0.717, 1.165) is 16.7 Å². The summed E-state index contributed by atoms with van der Waals surface area (Å²) in [7, 11) is 0. The first-order valence-electron chi connectivity index (χ1n) is 6.28. The predicted molar refractivity (Wildman–Crippen MR) is 72.9 cm³/mol. The van der Waals surface area contributed by atoms with E-state index in [-0.39, 0.29) is 17.4 Å². The number of aromatic amines is 1. The van der Waals surface area contributed by atoms with Gasteiger partial charge in [0.2, 0.25) is 11.5 Å². The van der Waals surface area contributed by atoms with Crippen LogP contribution in [-0.4, -0.2) is 17.4 Å². The minimum atomic E-state index is -0.104. The van der Waals surface area contributed by atoms with Crippen molar-refractivity contribution in [3.8, 4) is 11.1 Å². The van der Waals surface area contributed by atoms with Crippen LogP contribution < -0.4 is 10.9 Å². The molecule has 1 aromatic heterocycles. The Kier molecular flexibility index (Phi) is 2.91. The van der Waals surface area contributed by atoms with Crippen molar-refractivity contribution in [3.05, 3.63) is 58.5 Å². The minimum absolute atomic E-state index is 0.104. The van der Waals surface area contributed by atoms with E-state index in [4.69, 9.17) is 0 Å². The Bertz CT molecular complexity index is 658. The molecule has 0 spiro atoms. The lowest BCUT2D eigenvalue weighted by molar-refractivity contribution is -0.119. The van der Waals surface area contributed by atoms with Crippen LogP contribution in [0, 0.1) is 0 Å². The molecule has 1 aromatic carbocycles. The maximum Gasteiger partial charge on any atom is 0.248 e. The van der Waals surface area contributed by atoms with Crippen molar-refractivity contribution in [2.45, 2.75) is 12.3 Å². The van der Waals surface area contributed by atoms with E-state index in [9.17, 15) is 9.59 Å².